The van der Waals surface area contributed by atoms with Gasteiger partial charge in [-0.3, -0.25) is 4.90 Å². The molecule has 0 spiro atoms. The Kier molecular flexibility index (Phi) is 3.21. The van der Waals surface area contributed by atoms with Crippen LogP contribution in [-0.4, -0.2) is 28.5 Å². The number of thiol groups is 1. The highest BCUT2D eigenvalue weighted by molar-refractivity contribution is 7.81. The van der Waals surface area contributed by atoms with Crippen molar-refractivity contribution in [1.29, 1.82) is 0 Å². The van der Waals surface area contributed by atoms with Gasteiger partial charge < -0.3 is 5.32 Å². The molecule has 5 nitrogen and oxygen atoms in total. The van der Waals surface area contributed by atoms with E-state index in [0.717, 1.165) is 4.90 Å². The monoisotopic (exact) mass is 265 g/mol. The normalized spacial score (nSPS) is 24.2. The van der Waals surface area contributed by atoms with Gasteiger partial charge in [0.05, 0.1) is 5.69 Å². The van der Waals surface area contributed by atoms with E-state index in [1.165, 1.54) is 4.90 Å². The van der Waals surface area contributed by atoms with Crippen molar-refractivity contribution >= 4 is 30.4 Å². The molecule has 1 aliphatic rings. The van der Waals surface area contributed by atoms with Gasteiger partial charge in [0.2, 0.25) is 0 Å². The van der Waals surface area contributed by atoms with Crippen molar-refractivity contribution in [2.75, 3.05) is 11.4 Å². The number of carbonyl (C=O) groups excluding carboxylic acids is 2. The molecular formula is C12H15N3O2S. The Labute approximate surface area is 111 Å². The van der Waals surface area contributed by atoms with Gasteiger partial charge in [0.1, 0.15) is 0 Å². The Balaban J connectivity index is 2.39. The molecule has 96 valence electrons. The van der Waals surface area contributed by atoms with E-state index < -0.39 is 11.0 Å². The first-order valence-electron chi connectivity index (χ1n) is 5.68. The van der Waals surface area contributed by atoms with Crippen LogP contribution in [0.3, 0.4) is 0 Å². The van der Waals surface area contributed by atoms with Crippen LogP contribution in [0.5, 0.6) is 0 Å². The van der Waals surface area contributed by atoms with Crippen LogP contribution in [0.2, 0.25) is 0 Å². The predicted octanol–water partition coefficient (Wildman–Crippen LogP) is 2.26. The zero-order valence-electron chi connectivity index (χ0n) is 10.3. The molecule has 0 saturated carbocycles. The summed E-state index contributed by atoms with van der Waals surface area (Å²) in [5.74, 6) is 0. The summed E-state index contributed by atoms with van der Waals surface area (Å²) >= 11 is 4.31. The zero-order chi connectivity index (χ0) is 13.3. The van der Waals surface area contributed by atoms with Crippen LogP contribution in [0.1, 0.15) is 13.8 Å². The average Bonchev–Trinajstić information content (AvgIpc) is 2.29. The van der Waals surface area contributed by atoms with E-state index in [0.29, 0.717) is 12.2 Å². The summed E-state index contributed by atoms with van der Waals surface area (Å²) < 4.78 is 0. The van der Waals surface area contributed by atoms with Gasteiger partial charge in [-0.15, -0.1) is 12.6 Å². The lowest BCUT2D eigenvalue weighted by Gasteiger charge is -2.44. The number of nitrogens with zero attached hydrogens (tertiary/aromatic N) is 2. The van der Waals surface area contributed by atoms with Gasteiger partial charge in [-0.05, 0) is 26.0 Å². The number of para-hydroxylation sites is 1. The quantitative estimate of drug-likeness (QED) is 0.806. The van der Waals surface area contributed by atoms with Crippen LogP contribution in [-0.2, 0) is 0 Å². The fraction of sp³-hybridized carbons (Fsp3) is 0.333. The molecule has 2 rings (SSSR count). The third-order valence-electron chi connectivity index (χ3n) is 2.83. The van der Waals surface area contributed by atoms with Crippen molar-refractivity contribution in [2.24, 2.45) is 0 Å². The summed E-state index contributed by atoms with van der Waals surface area (Å²) in [4.78, 5) is 26.0. The zero-order valence-corrected chi connectivity index (χ0v) is 11.1. The van der Waals surface area contributed by atoms with E-state index in [4.69, 9.17) is 0 Å². The number of rotatable bonds is 2. The minimum atomic E-state index is -0.964. The van der Waals surface area contributed by atoms with Crippen molar-refractivity contribution in [3.05, 3.63) is 30.3 Å². The minimum absolute atomic E-state index is 0.370. The summed E-state index contributed by atoms with van der Waals surface area (Å²) in [7, 11) is 0. The second-order valence-corrected chi connectivity index (χ2v) is 5.02. The van der Waals surface area contributed by atoms with Crippen LogP contribution >= 0.6 is 12.6 Å². The van der Waals surface area contributed by atoms with Gasteiger partial charge >= 0.3 is 12.1 Å². The number of amides is 4. The first kappa shape index (κ1) is 12.8. The molecule has 1 aromatic carbocycles. The molecule has 1 unspecified atom stereocenters. The molecule has 1 heterocycles. The topological polar surface area (TPSA) is 52.7 Å². The van der Waals surface area contributed by atoms with Gasteiger partial charge in [0, 0.05) is 6.54 Å². The molecule has 6 heteroatoms. The fourth-order valence-electron chi connectivity index (χ4n) is 1.97. The van der Waals surface area contributed by atoms with Crippen LogP contribution in [0, 0.1) is 0 Å². The summed E-state index contributed by atoms with van der Waals surface area (Å²) in [5.41, 5.74) is 0.544. The van der Waals surface area contributed by atoms with Gasteiger partial charge in [-0.2, -0.15) is 0 Å². The van der Waals surface area contributed by atoms with E-state index in [9.17, 15) is 9.59 Å². The smallest absolute Gasteiger partial charge is 0.306 e. The van der Waals surface area contributed by atoms with Crippen LogP contribution in [0.4, 0.5) is 15.3 Å². The number of hydrogen-bond donors (Lipinski definition) is 2. The Morgan fingerprint density at radius 1 is 1.28 bits per heavy atom. The SMILES string of the molecule is CCN1C(=O)N(c2ccccc2)C(=O)NC1(C)S. The molecule has 1 aromatic rings. The molecule has 0 aliphatic carbocycles. The first-order chi connectivity index (χ1) is 8.47. The van der Waals surface area contributed by atoms with E-state index >= 15 is 0 Å². The van der Waals surface area contributed by atoms with E-state index in [1.807, 2.05) is 13.0 Å². The maximum absolute atomic E-state index is 12.3. The Bertz CT molecular complexity index is 475. The van der Waals surface area contributed by atoms with Gasteiger partial charge in [-0.25, -0.2) is 14.5 Å². The minimum Gasteiger partial charge on any atom is -0.306 e. The Hall–Kier alpha value is -1.69. The van der Waals surface area contributed by atoms with E-state index in [1.54, 1.807) is 31.2 Å². The molecule has 18 heavy (non-hydrogen) atoms. The lowest BCUT2D eigenvalue weighted by Crippen LogP contribution is -2.69. The van der Waals surface area contributed by atoms with E-state index in [-0.39, 0.29) is 6.03 Å². The third-order valence-corrected chi connectivity index (χ3v) is 3.18. The summed E-state index contributed by atoms with van der Waals surface area (Å²) in [5, 5.41) is 2.69. The molecule has 1 aliphatic heterocycles. The maximum atomic E-state index is 12.3. The van der Waals surface area contributed by atoms with Crippen molar-refractivity contribution in [3.63, 3.8) is 0 Å². The standard InChI is InChI=1S/C12H15N3O2S/c1-3-14-11(17)15(9-7-5-4-6-8-9)10(16)13-12(14,2)18/h4-8,18H,3H2,1-2H3,(H,13,16). The number of anilines is 1. The summed E-state index contributed by atoms with van der Waals surface area (Å²) in [6.45, 7) is 3.98. The highest BCUT2D eigenvalue weighted by Crippen LogP contribution is 2.26. The lowest BCUT2D eigenvalue weighted by atomic mass is 10.2. The van der Waals surface area contributed by atoms with Gasteiger partial charge in [0.15, 0.2) is 4.99 Å². The average molecular weight is 265 g/mol. The molecule has 0 radical (unpaired) electrons. The van der Waals surface area contributed by atoms with Crippen molar-refractivity contribution in [2.45, 2.75) is 18.8 Å². The number of nitrogens with one attached hydrogen (secondary N) is 1. The Morgan fingerprint density at radius 3 is 2.44 bits per heavy atom. The van der Waals surface area contributed by atoms with Crippen molar-refractivity contribution < 1.29 is 9.59 Å². The first-order valence-corrected chi connectivity index (χ1v) is 6.13. The summed E-state index contributed by atoms with van der Waals surface area (Å²) in [6.07, 6.45) is 0. The second kappa shape index (κ2) is 4.53. The molecular weight excluding hydrogens is 250 g/mol. The predicted molar refractivity (Wildman–Crippen MR) is 72.6 cm³/mol. The van der Waals surface area contributed by atoms with Gasteiger partial charge in [0.25, 0.3) is 0 Å². The van der Waals surface area contributed by atoms with Crippen molar-refractivity contribution in [1.82, 2.24) is 10.2 Å². The molecule has 1 saturated heterocycles. The van der Waals surface area contributed by atoms with Crippen LogP contribution in [0.15, 0.2) is 30.3 Å². The molecule has 0 bridgehead atoms. The Morgan fingerprint density at radius 2 is 1.89 bits per heavy atom. The molecule has 0 aromatic heterocycles. The highest BCUT2D eigenvalue weighted by atomic mass is 32.1. The van der Waals surface area contributed by atoms with Crippen LogP contribution in [0.25, 0.3) is 0 Å². The molecule has 4 amide bonds. The molecule has 1 atom stereocenters. The molecule has 1 fully saturated rings. The number of imide groups is 1. The second-order valence-electron chi connectivity index (χ2n) is 4.15. The highest BCUT2D eigenvalue weighted by Gasteiger charge is 2.43. The number of carbonyl (C=O) groups is 2. The van der Waals surface area contributed by atoms with E-state index in [2.05, 4.69) is 17.9 Å². The largest absolute Gasteiger partial charge is 0.335 e. The van der Waals surface area contributed by atoms with Gasteiger partial charge in [-0.1, -0.05) is 18.2 Å². The lowest BCUT2D eigenvalue weighted by molar-refractivity contribution is 0.150. The third kappa shape index (κ3) is 2.03. The summed E-state index contributed by atoms with van der Waals surface area (Å²) in [6, 6.07) is 7.98. The van der Waals surface area contributed by atoms with Crippen LogP contribution < -0.4 is 10.2 Å². The fourth-order valence-corrected chi connectivity index (χ4v) is 2.29. The number of urea groups is 2. The van der Waals surface area contributed by atoms with Crippen molar-refractivity contribution in [3.8, 4) is 0 Å². The number of benzene rings is 1. The molecule has 1 N–H and O–H groups in total. The maximum Gasteiger partial charge on any atom is 0.335 e. The number of hydrogen-bond acceptors (Lipinski definition) is 3.